The fourth-order valence-electron chi connectivity index (χ4n) is 7.27. The maximum atomic E-state index is 14.0. The molecule has 27 nitrogen and oxygen atoms in total. The third kappa shape index (κ3) is 23.7. The van der Waals surface area contributed by atoms with Crippen LogP contribution in [0.25, 0.3) is 0 Å². The van der Waals surface area contributed by atoms with Crippen molar-refractivity contribution in [1.82, 2.24) is 42.5 Å². The van der Waals surface area contributed by atoms with Gasteiger partial charge in [0.05, 0.1) is 19.1 Å². The molecule has 424 valence electrons. The van der Waals surface area contributed by atoms with Gasteiger partial charge in [0.25, 0.3) is 0 Å². The molecule has 0 saturated heterocycles. The van der Waals surface area contributed by atoms with Crippen molar-refractivity contribution in [1.29, 1.82) is 0 Å². The molecule has 0 saturated carbocycles. The van der Waals surface area contributed by atoms with E-state index in [1.807, 2.05) is 0 Å². The minimum Gasteiger partial charge on any atom is -0.508 e. The Kier molecular flexibility index (Phi) is 27.6. The monoisotopic (exact) mass is 1100 g/mol. The van der Waals surface area contributed by atoms with Gasteiger partial charge in [0.15, 0.2) is 0 Å². The van der Waals surface area contributed by atoms with Crippen molar-refractivity contribution in [3.63, 3.8) is 0 Å². The van der Waals surface area contributed by atoms with Crippen molar-refractivity contribution in [2.75, 3.05) is 12.4 Å². The van der Waals surface area contributed by atoms with Gasteiger partial charge in [0, 0.05) is 25.0 Å². The van der Waals surface area contributed by atoms with Gasteiger partial charge in [-0.25, -0.2) is 4.79 Å². The van der Waals surface area contributed by atoms with Crippen LogP contribution in [0.3, 0.4) is 0 Å². The summed E-state index contributed by atoms with van der Waals surface area (Å²) in [7, 11) is 0. The fraction of sp³-hybridized carbons (Fsp3) is 0.510. The van der Waals surface area contributed by atoms with Crippen LogP contribution in [0.1, 0.15) is 77.3 Å². The number of nitrogens with one attached hydrogen (secondary N) is 8. The Balaban J connectivity index is 2.36. The summed E-state index contributed by atoms with van der Waals surface area (Å²) in [6.07, 6.45) is -3.90. The predicted molar refractivity (Wildman–Crippen MR) is 274 cm³/mol. The Morgan fingerprint density at radius 2 is 0.909 bits per heavy atom. The number of aliphatic carboxylic acids is 4. The van der Waals surface area contributed by atoms with E-state index in [0.29, 0.717) is 11.1 Å². The number of nitrogens with two attached hydrogens (primary N) is 1. The zero-order valence-electron chi connectivity index (χ0n) is 42.7. The van der Waals surface area contributed by atoms with Gasteiger partial charge in [-0.1, -0.05) is 70.2 Å². The third-order valence-electron chi connectivity index (χ3n) is 11.4. The molecule has 0 fully saturated rings. The van der Waals surface area contributed by atoms with Gasteiger partial charge in [-0.3, -0.25) is 52.7 Å². The highest BCUT2D eigenvalue weighted by Crippen LogP contribution is 2.13. The molecule has 0 aliphatic rings. The lowest BCUT2D eigenvalue weighted by Gasteiger charge is -2.27. The number of amides is 8. The highest BCUT2D eigenvalue weighted by Gasteiger charge is 2.36. The molecule has 2 rings (SSSR count). The predicted octanol–water partition coefficient (Wildman–Crippen LogP) is -2.70. The Bertz CT molecular complexity index is 2390. The van der Waals surface area contributed by atoms with Gasteiger partial charge in [0.1, 0.15) is 54.1 Å². The number of hydrogen-bond acceptors (Lipinski definition) is 16. The van der Waals surface area contributed by atoms with Gasteiger partial charge in [-0.15, -0.1) is 0 Å². The number of aromatic hydroxyl groups is 1. The lowest BCUT2D eigenvalue weighted by molar-refractivity contribution is -0.144. The van der Waals surface area contributed by atoms with Gasteiger partial charge in [-0.05, 0) is 60.8 Å². The molecule has 2 aromatic carbocycles. The molecular weight excluding hydrogens is 1030 g/mol. The molecule has 0 radical (unpaired) electrons. The van der Waals surface area contributed by atoms with E-state index < -0.39 is 176 Å². The number of hydrogen-bond donors (Lipinski definition) is 16. The first kappa shape index (κ1) is 65.3. The summed E-state index contributed by atoms with van der Waals surface area (Å²) in [4.78, 5) is 156. The molecule has 0 unspecified atom stereocenters. The average molecular weight is 1100 g/mol. The first-order chi connectivity index (χ1) is 36.1. The summed E-state index contributed by atoms with van der Waals surface area (Å²) in [5.74, 6) is -16.0. The standard InChI is InChI=1S/C49H69N9O18S/c1-24(2)18-32(53-41(67)29(50)19-27-10-12-28(60)13-11-27)44(70)51-31(15-17-38(63)64)43(69)56-35(22-59)47(73)54-33(20-26-8-6-5-7-9-26)45(71)57-36(23-77)48(74)52-30(14-16-37(61)62)42(68)55-34(21-39(65)66)46(72)58-40(25(3)4)49(75)76/h5-13,24-25,29-36,40,59-60,77H,14-23,50H2,1-4H3,(H,51,70)(H,52,74)(H,53,67)(H,54,73)(H,55,68)(H,56,69)(H,57,71)(H,58,72)(H,61,62)(H,63,64)(H,65,66)(H,75,76)/t29-,30-,31-,32-,33-,34-,35-,36-,40-/m0/s1. The first-order valence-corrected chi connectivity index (χ1v) is 24.9. The SMILES string of the molecule is CC(C)C[C@H](NC(=O)[C@@H](N)Cc1ccc(O)cc1)C(=O)N[C@@H](CCC(=O)O)C(=O)N[C@@H](CO)C(=O)N[C@@H](Cc1ccccc1)C(=O)N[C@@H](CS)C(=O)N[C@@H](CCC(=O)O)C(=O)N[C@@H](CC(=O)O)C(=O)N[C@H](C(=O)O)C(C)C. The zero-order chi connectivity index (χ0) is 58.1. The number of carbonyl (C=O) groups excluding carboxylic acids is 8. The number of aliphatic hydroxyl groups excluding tert-OH is 1. The van der Waals surface area contributed by atoms with Gasteiger partial charge < -0.3 is 78.9 Å². The van der Waals surface area contributed by atoms with Crippen molar-refractivity contribution in [2.45, 2.75) is 133 Å². The van der Waals surface area contributed by atoms with Crippen LogP contribution in [-0.2, 0) is 70.4 Å². The Morgan fingerprint density at radius 3 is 1.38 bits per heavy atom. The first-order valence-electron chi connectivity index (χ1n) is 24.3. The Hall–Kier alpha value is -7.85. The molecule has 28 heteroatoms. The topological polar surface area (TPSA) is 448 Å². The second-order valence-corrected chi connectivity index (χ2v) is 19.0. The smallest absolute Gasteiger partial charge is 0.326 e. The van der Waals surface area contributed by atoms with Crippen LogP contribution in [0.4, 0.5) is 0 Å². The quantitative estimate of drug-likeness (QED) is 0.0317. The van der Waals surface area contributed by atoms with E-state index in [4.69, 9.17) is 5.73 Å². The molecule has 0 spiro atoms. The number of phenols is 1. The Morgan fingerprint density at radius 1 is 0.494 bits per heavy atom. The maximum Gasteiger partial charge on any atom is 0.326 e. The molecule has 0 heterocycles. The largest absolute Gasteiger partial charge is 0.508 e. The molecule has 16 N–H and O–H groups in total. The molecule has 2 aromatic rings. The van der Waals surface area contributed by atoms with Crippen molar-refractivity contribution in [2.24, 2.45) is 17.6 Å². The second-order valence-electron chi connectivity index (χ2n) is 18.6. The lowest BCUT2D eigenvalue weighted by Crippen LogP contribution is -2.61. The van der Waals surface area contributed by atoms with E-state index in [0.717, 1.165) is 0 Å². The summed E-state index contributed by atoms with van der Waals surface area (Å²) in [5.41, 5.74) is 7.17. The summed E-state index contributed by atoms with van der Waals surface area (Å²) >= 11 is 4.14. The number of carboxylic acid groups (broad SMARTS) is 4. The maximum absolute atomic E-state index is 14.0. The normalized spacial score (nSPS) is 14.6. The molecule has 8 amide bonds. The fourth-order valence-corrected chi connectivity index (χ4v) is 7.52. The van der Waals surface area contributed by atoms with Crippen LogP contribution in [-0.4, -0.2) is 169 Å². The number of phenolic OH excluding ortho intramolecular Hbond substituents is 1. The molecule has 9 atom stereocenters. The molecule has 0 aliphatic carbocycles. The number of rotatable bonds is 34. The van der Waals surface area contributed by atoms with Crippen LogP contribution in [0.5, 0.6) is 5.75 Å². The number of thiol groups is 1. The van der Waals surface area contributed by atoms with Crippen LogP contribution in [0.2, 0.25) is 0 Å². The summed E-state index contributed by atoms with van der Waals surface area (Å²) in [6.45, 7) is 5.27. The van der Waals surface area contributed by atoms with Crippen LogP contribution in [0, 0.1) is 11.8 Å². The van der Waals surface area contributed by atoms with E-state index >= 15 is 0 Å². The number of carboxylic acids is 4. The van der Waals surface area contributed by atoms with E-state index in [9.17, 15) is 88.2 Å². The third-order valence-corrected chi connectivity index (χ3v) is 11.8. The summed E-state index contributed by atoms with van der Waals surface area (Å²) < 4.78 is 0. The van der Waals surface area contributed by atoms with Gasteiger partial charge >= 0.3 is 23.9 Å². The summed E-state index contributed by atoms with van der Waals surface area (Å²) in [5, 5.41) is 76.3. The molecule has 0 aromatic heterocycles. The van der Waals surface area contributed by atoms with E-state index in [1.165, 1.54) is 26.0 Å². The second kappa shape index (κ2) is 32.6. The van der Waals surface area contributed by atoms with Gasteiger partial charge in [0.2, 0.25) is 47.3 Å². The van der Waals surface area contributed by atoms with E-state index in [-0.39, 0.29) is 30.9 Å². The van der Waals surface area contributed by atoms with Crippen LogP contribution < -0.4 is 48.3 Å². The lowest BCUT2D eigenvalue weighted by atomic mass is 10.0. The number of carbonyl (C=O) groups is 12. The van der Waals surface area contributed by atoms with Crippen LogP contribution in [0.15, 0.2) is 54.6 Å². The summed E-state index contributed by atoms with van der Waals surface area (Å²) in [6, 6.07) is -0.590. The minimum atomic E-state index is -1.91. The minimum absolute atomic E-state index is 0.00986. The van der Waals surface area contributed by atoms with E-state index in [2.05, 4.69) is 55.2 Å². The number of aliphatic hydroxyl groups is 1. The zero-order valence-corrected chi connectivity index (χ0v) is 43.6. The van der Waals surface area contributed by atoms with Crippen molar-refractivity contribution in [3.05, 3.63) is 65.7 Å². The number of benzene rings is 2. The van der Waals surface area contributed by atoms with Crippen molar-refractivity contribution in [3.8, 4) is 5.75 Å². The Labute approximate surface area is 448 Å². The van der Waals surface area contributed by atoms with E-state index in [1.54, 1.807) is 56.3 Å². The highest BCUT2D eigenvalue weighted by molar-refractivity contribution is 7.80. The molecule has 0 aliphatic heterocycles. The molecule has 0 bridgehead atoms. The van der Waals surface area contributed by atoms with Crippen molar-refractivity contribution >= 4 is 83.8 Å². The van der Waals surface area contributed by atoms with Crippen molar-refractivity contribution < 1.29 is 88.2 Å². The highest BCUT2D eigenvalue weighted by atomic mass is 32.1. The van der Waals surface area contributed by atoms with Crippen LogP contribution >= 0.6 is 12.6 Å². The molecule has 77 heavy (non-hydrogen) atoms. The average Bonchev–Trinajstić information content (AvgIpc) is 3.35. The van der Waals surface area contributed by atoms with Gasteiger partial charge in [-0.2, -0.15) is 12.6 Å². The molecular formula is C49H69N9O18S.